The molecule has 1 heterocycles. The van der Waals surface area contributed by atoms with E-state index in [0.717, 1.165) is 42.6 Å². The zero-order valence-corrected chi connectivity index (χ0v) is 11.8. The van der Waals surface area contributed by atoms with Crippen LogP contribution in [0.3, 0.4) is 0 Å². The number of rotatable bonds is 8. The van der Waals surface area contributed by atoms with Gasteiger partial charge in [0.05, 0.1) is 5.75 Å². The highest BCUT2D eigenvalue weighted by Gasteiger charge is 2.13. The molecule has 0 aromatic carbocycles. The van der Waals surface area contributed by atoms with Gasteiger partial charge in [-0.15, -0.1) is 0 Å². The van der Waals surface area contributed by atoms with E-state index < -0.39 is 0 Å². The third-order valence-electron chi connectivity index (χ3n) is 2.43. The number of thioether (sulfide) groups is 1. The minimum atomic E-state index is 0.315. The molecule has 0 aliphatic rings. The second kappa shape index (κ2) is 7.71. The first-order chi connectivity index (χ1) is 8.13. The first kappa shape index (κ1) is 14.5. The zero-order valence-electron chi connectivity index (χ0n) is 11.0. The van der Waals surface area contributed by atoms with Crippen LogP contribution in [-0.4, -0.2) is 22.4 Å². The highest BCUT2D eigenvalue weighted by molar-refractivity contribution is 7.98. The quantitative estimate of drug-likeness (QED) is 0.775. The smallest absolute Gasteiger partial charge is 0.229 e. The van der Waals surface area contributed by atoms with E-state index >= 15 is 0 Å². The van der Waals surface area contributed by atoms with Crippen LogP contribution in [0.15, 0.2) is 4.52 Å². The van der Waals surface area contributed by atoms with Crippen molar-refractivity contribution in [2.75, 3.05) is 12.3 Å². The third kappa shape index (κ3) is 5.55. The van der Waals surface area contributed by atoms with Gasteiger partial charge < -0.3 is 10.3 Å². The molecule has 0 amide bonds. The minimum absolute atomic E-state index is 0.315. The Morgan fingerprint density at radius 1 is 1.35 bits per heavy atom. The van der Waals surface area contributed by atoms with E-state index in [9.17, 15) is 0 Å². The van der Waals surface area contributed by atoms with Gasteiger partial charge in [-0.2, -0.15) is 16.7 Å². The lowest BCUT2D eigenvalue weighted by Crippen LogP contribution is -2.02. The van der Waals surface area contributed by atoms with E-state index in [2.05, 4.69) is 30.9 Å². The van der Waals surface area contributed by atoms with Crippen LogP contribution in [0.1, 0.15) is 51.2 Å². The highest BCUT2D eigenvalue weighted by atomic mass is 32.2. The van der Waals surface area contributed by atoms with E-state index in [1.54, 1.807) is 0 Å². The molecule has 0 fully saturated rings. The molecule has 0 bridgehead atoms. The van der Waals surface area contributed by atoms with Crippen LogP contribution in [0.25, 0.3) is 0 Å². The Labute approximate surface area is 108 Å². The van der Waals surface area contributed by atoms with E-state index in [4.69, 9.17) is 10.3 Å². The second-order valence-corrected chi connectivity index (χ2v) is 5.82. The molecule has 0 spiro atoms. The molecule has 0 radical (unpaired) electrons. The van der Waals surface area contributed by atoms with E-state index in [1.807, 2.05) is 11.8 Å². The summed E-state index contributed by atoms with van der Waals surface area (Å²) in [6.45, 7) is 7.25. The number of hydrogen-bond donors (Lipinski definition) is 1. The molecule has 98 valence electrons. The molecule has 0 saturated heterocycles. The van der Waals surface area contributed by atoms with Crippen LogP contribution in [0, 0.1) is 5.92 Å². The van der Waals surface area contributed by atoms with Crippen molar-refractivity contribution < 1.29 is 4.52 Å². The predicted molar refractivity (Wildman–Crippen MR) is 72.0 cm³/mol. The standard InChI is InChI=1S/C12H23N3OS/c1-9(2)7-17-8-11-14-12(16-15-11)10(3)5-4-6-13/h9-10H,4-8,13H2,1-3H3. The average Bonchev–Trinajstić information content (AvgIpc) is 2.74. The van der Waals surface area contributed by atoms with Crippen LogP contribution in [-0.2, 0) is 5.75 Å². The van der Waals surface area contributed by atoms with Crippen molar-refractivity contribution in [3.05, 3.63) is 11.7 Å². The summed E-state index contributed by atoms with van der Waals surface area (Å²) in [7, 11) is 0. The van der Waals surface area contributed by atoms with Crippen molar-refractivity contribution >= 4 is 11.8 Å². The summed E-state index contributed by atoms with van der Waals surface area (Å²) in [5, 5.41) is 4.00. The summed E-state index contributed by atoms with van der Waals surface area (Å²) < 4.78 is 5.27. The Morgan fingerprint density at radius 3 is 2.76 bits per heavy atom. The van der Waals surface area contributed by atoms with E-state index in [1.165, 1.54) is 0 Å². The maximum Gasteiger partial charge on any atom is 0.229 e. The van der Waals surface area contributed by atoms with E-state index in [-0.39, 0.29) is 0 Å². The lowest BCUT2D eigenvalue weighted by atomic mass is 10.1. The molecule has 17 heavy (non-hydrogen) atoms. The van der Waals surface area contributed by atoms with Gasteiger partial charge in [-0.05, 0) is 31.1 Å². The van der Waals surface area contributed by atoms with Gasteiger partial charge in [0.1, 0.15) is 0 Å². The summed E-state index contributed by atoms with van der Waals surface area (Å²) >= 11 is 1.85. The summed E-state index contributed by atoms with van der Waals surface area (Å²) in [6, 6.07) is 0. The van der Waals surface area contributed by atoms with Crippen molar-refractivity contribution in [2.45, 2.75) is 45.3 Å². The number of hydrogen-bond acceptors (Lipinski definition) is 5. The number of aromatic nitrogens is 2. The Balaban J connectivity index is 2.36. The molecule has 1 aromatic heterocycles. The molecule has 1 rings (SSSR count). The van der Waals surface area contributed by atoms with Crippen molar-refractivity contribution in [3.63, 3.8) is 0 Å². The lowest BCUT2D eigenvalue weighted by Gasteiger charge is -2.03. The third-order valence-corrected chi connectivity index (χ3v) is 3.79. The maximum atomic E-state index is 5.48. The summed E-state index contributed by atoms with van der Waals surface area (Å²) in [4.78, 5) is 4.42. The van der Waals surface area contributed by atoms with Crippen LogP contribution < -0.4 is 5.73 Å². The fourth-order valence-electron chi connectivity index (χ4n) is 1.46. The molecule has 4 nitrogen and oxygen atoms in total. The fraction of sp³-hybridized carbons (Fsp3) is 0.833. The van der Waals surface area contributed by atoms with Crippen molar-refractivity contribution in [2.24, 2.45) is 11.7 Å². The van der Waals surface area contributed by atoms with Crippen molar-refractivity contribution in [1.82, 2.24) is 10.1 Å². The van der Waals surface area contributed by atoms with Gasteiger partial charge in [0, 0.05) is 5.92 Å². The zero-order chi connectivity index (χ0) is 12.7. The van der Waals surface area contributed by atoms with Gasteiger partial charge in [-0.25, -0.2) is 0 Å². The molecule has 0 aliphatic heterocycles. The van der Waals surface area contributed by atoms with Gasteiger partial charge in [0.15, 0.2) is 5.82 Å². The molecular weight excluding hydrogens is 234 g/mol. The highest BCUT2D eigenvalue weighted by Crippen LogP contribution is 2.20. The monoisotopic (exact) mass is 257 g/mol. The van der Waals surface area contributed by atoms with Crippen LogP contribution in [0.5, 0.6) is 0 Å². The molecule has 0 saturated carbocycles. The Hall–Kier alpha value is -0.550. The van der Waals surface area contributed by atoms with E-state index in [0.29, 0.717) is 11.8 Å². The maximum absolute atomic E-state index is 5.48. The fourth-order valence-corrected chi connectivity index (χ4v) is 2.35. The lowest BCUT2D eigenvalue weighted by molar-refractivity contribution is 0.349. The molecule has 5 heteroatoms. The molecule has 1 unspecified atom stereocenters. The first-order valence-corrected chi connectivity index (χ1v) is 7.39. The Morgan fingerprint density at radius 2 is 2.12 bits per heavy atom. The van der Waals surface area contributed by atoms with Gasteiger partial charge in [0.2, 0.25) is 5.89 Å². The van der Waals surface area contributed by atoms with Gasteiger partial charge >= 0.3 is 0 Å². The Kier molecular flexibility index (Phi) is 6.58. The predicted octanol–water partition coefficient (Wildman–Crippen LogP) is 2.80. The second-order valence-electron chi connectivity index (χ2n) is 4.79. The molecular formula is C12H23N3OS. The van der Waals surface area contributed by atoms with Crippen LogP contribution in [0.4, 0.5) is 0 Å². The summed E-state index contributed by atoms with van der Waals surface area (Å²) in [6.07, 6.45) is 2.01. The number of nitrogens with two attached hydrogens (primary N) is 1. The van der Waals surface area contributed by atoms with Crippen LogP contribution >= 0.6 is 11.8 Å². The molecule has 0 aliphatic carbocycles. The van der Waals surface area contributed by atoms with Crippen LogP contribution in [0.2, 0.25) is 0 Å². The topological polar surface area (TPSA) is 64.9 Å². The SMILES string of the molecule is CC(C)CSCc1noc(C(C)CCCN)n1. The van der Waals surface area contributed by atoms with Crippen molar-refractivity contribution in [3.8, 4) is 0 Å². The molecule has 1 aromatic rings. The summed E-state index contributed by atoms with van der Waals surface area (Å²) in [5.41, 5.74) is 5.48. The van der Waals surface area contributed by atoms with Crippen molar-refractivity contribution in [1.29, 1.82) is 0 Å². The molecule has 2 N–H and O–H groups in total. The van der Waals surface area contributed by atoms with Gasteiger partial charge in [0.25, 0.3) is 0 Å². The van der Waals surface area contributed by atoms with Gasteiger partial charge in [-0.1, -0.05) is 25.9 Å². The summed E-state index contributed by atoms with van der Waals surface area (Å²) in [5.74, 6) is 4.55. The largest absolute Gasteiger partial charge is 0.339 e. The first-order valence-electron chi connectivity index (χ1n) is 6.23. The average molecular weight is 257 g/mol. The minimum Gasteiger partial charge on any atom is -0.339 e. The molecule has 1 atom stereocenters. The number of nitrogens with zero attached hydrogens (tertiary/aromatic N) is 2. The van der Waals surface area contributed by atoms with Gasteiger partial charge in [-0.3, -0.25) is 0 Å². The Bertz CT molecular complexity index is 314. The normalized spacial score (nSPS) is 13.2.